The predicted octanol–water partition coefficient (Wildman–Crippen LogP) is 2.53. The zero-order valence-corrected chi connectivity index (χ0v) is 8.82. The number of nitrogen functional groups attached to an aromatic ring is 1. The van der Waals surface area contributed by atoms with Gasteiger partial charge in [-0.25, -0.2) is 9.78 Å². The molecule has 0 aliphatic heterocycles. The maximum atomic E-state index is 12.7. The minimum atomic E-state index is -4.87. The topological polar surface area (TPSA) is 76.2 Å². The van der Waals surface area contributed by atoms with Crippen molar-refractivity contribution < 1.29 is 23.1 Å². The van der Waals surface area contributed by atoms with Crippen LogP contribution in [0.3, 0.4) is 0 Å². The van der Waals surface area contributed by atoms with Gasteiger partial charge in [-0.15, -0.1) is 0 Å². The molecule has 0 bridgehead atoms. The number of hydrogen-bond acceptors (Lipinski definition) is 3. The maximum absolute atomic E-state index is 12.7. The highest BCUT2D eigenvalue weighted by molar-refractivity contribution is 6.04. The van der Waals surface area contributed by atoms with E-state index in [0.717, 1.165) is 0 Å². The van der Waals surface area contributed by atoms with Crippen LogP contribution in [0.15, 0.2) is 24.3 Å². The van der Waals surface area contributed by atoms with Gasteiger partial charge in [-0.1, -0.05) is 18.2 Å². The lowest BCUT2D eigenvalue weighted by molar-refractivity contribution is -0.141. The molecule has 0 saturated carbocycles. The number of hydrogen-bond donors (Lipinski definition) is 2. The number of carboxylic acid groups (broad SMARTS) is 1. The van der Waals surface area contributed by atoms with Crippen LogP contribution in [-0.2, 0) is 6.18 Å². The molecule has 0 radical (unpaired) electrons. The highest BCUT2D eigenvalue weighted by Crippen LogP contribution is 2.36. The van der Waals surface area contributed by atoms with Crippen molar-refractivity contribution in [3.63, 3.8) is 0 Å². The number of pyridine rings is 1. The molecule has 0 atom stereocenters. The molecule has 0 unspecified atom stereocenters. The molecule has 0 saturated heterocycles. The Hall–Kier alpha value is -2.31. The van der Waals surface area contributed by atoms with E-state index in [9.17, 15) is 18.0 Å². The van der Waals surface area contributed by atoms with Gasteiger partial charge in [0.1, 0.15) is 5.56 Å². The van der Waals surface area contributed by atoms with Crippen LogP contribution in [0.4, 0.5) is 18.9 Å². The summed E-state index contributed by atoms with van der Waals surface area (Å²) in [6.45, 7) is 0. The fourth-order valence-electron chi connectivity index (χ4n) is 1.66. The second-order valence-electron chi connectivity index (χ2n) is 3.57. The number of carboxylic acids is 1. The van der Waals surface area contributed by atoms with Gasteiger partial charge in [0.2, 0.25) is 0 Å². The van der Waals surface area contributed by atoms with Gasteiger partial charge in [0, 0.05) is 5.39 Å². The van der Waals surface area contributed by atoms with Crippen molar-refractivity contribution in [3.8, 4) is 0 Å². The van der Waals surface area contributed by atoms with Crippen molar-refractivity contribution in [1.29, 1.82) is 0 Å². The number of benzene rings is 1. The number of anilines is 1. The van der Waals surface area contributed by atoms with E-state index in [0.29, 0.717) is 0 Å². The number of halogens is 3. The molecule has 0 aliphatic carbocycles. The van der Waals surface area contributed by atoms with Crippen LogP contribution in [0.25, 0.3) is 10.9 Å². The molecule has 0 aliphatic rings. The minimum Gasteiger partial charge on any atom is -0.478 e. The molecule has 1 heterocycles. The molecule has 3 N–H and O–H groups in total. The number of aromatic carboxylic acids is 1. The lowest BCUT2D eigenvalue weighted by atomic mass is 10.1. The summed E-state index contributed by atoms with van der Waals surface area (Å²) in [5.74, 6) is -1.75. The first-order valence-electron chi connectivity index (χ1n) is 4.81. The average Bonchev–Trinajstić information content (AvgIpc) is 2.27. The third-order valence-corrected chi connectivity index (χ3v) is 2.41. The molecule has 2 rings (SSSR count). The fraction of sp³-hybridized carbons (Fsp3) is 0.0909. The summed E-state index contributed by atoms with van der Waals surface area (Å²) in [7, 11) is 0. The van der Waals surface area contributed by atoms with Crippen molar-refractivity contribution in [2.75, 3.05) is 5.73 Å². The third-order valence-electron chi connectivity index (χ3n) is 2.41. The summed E-state index contributed by atoms with van der Waals surface area (Å²) in [6.07, 6.45) is -4.87. The van der Waals surface area contributed by atoms with Crippen LogP contribution < -0.4 is 5.73 Å². The molecule has 4 nitrogen and oxygen atoms in total. The highest BCUT2D eigenvalue weighted by atomic mass is 19.4. The van der Waals surface area contributed by atoms with Crippen LogP contribution in [-0.4, -0.2) is 16.1 Å². The first kappa shape index (κ1) is 12.2. The number of rotatable bonds is 1. The summed E-state index contributed by atoms with van der Waals surface area (Å²) in [6, 6.07) is 5.80. The van der Waals surface area contributed by atoms with Gasteiger partial charge in [-0.05, 0) is 6.07 Å². The summed E-state index contributed by atoms with van der Waals surface area (Å²) in [4.78, 5) is 14.3. The second-order valence-corrected chi connectivity index (χ2v) is 3.57. The molecule has 1 aromatic carbocycles. The molecule has 18 heavy (non-hydrogen) atoms. The molecular formula is C11H7F3N2O2. The average molecular weight is 256 g/mol. The lowest BCUT2D eigenvalue weighted by Gasteiger charge is -2.13. The van der Waals surface area contributed by atoms with Crippen molar-refractivity contribution in [1.82, 2.24) is 4.98 Å². The lowest BCUT2D eigenvalue weighted by Crippen LogP contribution is -2.17. The van der Waals surface area contributed by atoms with Crippen molar-refractivity contribution in [2.45, 2.75) is 6.18 Å². The van der Waals surface area contributed by atoms with E-state index in [1.807, 2.05) is 0 Å². The number of carbonyl (C=O) groups is 1. The Morgan fingerprint density at radius 1 is 1.28 bits per heavy atom. The van der Waals surface area contributed by atoms with Gasteiger partial charge in [-0.2, -0.15) is 13.2 Å². The third kappa shape index (κ3) is 1.83. The number of aromatic nitrogens is 1. The monoisotopic (exact) mass is 256 g/mol. The quantitative estimate of drug-likeness (QED) is 0.822. The fourth-order valence-corrected chi connectivity index (χ4v) is 1.66. The summed E-state index contributed by atoms with van der Waals surface area (Å²) >= 11 is 0. The van der Waals surface area contributed by atoms with Crippen molar-refractivity contribution in [2.24, 2.45) is 0 Å². The van der Waals surface area contributed by atoms with E-state index < -0.39 is 29.1 Å². The SMILES string of the molecule is Nc1c(C(=O)O)c(C(F)(F)F)nc2ccccc12. The Kier molecular flexibility index (Phi) is 2.61. The van der Waals surface area contributed by atoms with Crippen LogP contribution in [0.2, 0.25) is 0 Å². The Bertz CT molecular complexity index is 638. The summed E-state index contributed by atoms with van der Waals surface area (Å²) in [5, 5.41) is 9.03. The largest absolute Gasteiger partial charge is 0.478 e. The molecule has 7 heteroatoms. The first-order valence-corrected chi connectivity index (χ1v) is 4.81. The van der Waals surface area contributed by atoms with Crippen molar-refractivity contribution >= 4 is 22.6 Å². The number of alkyl halides is 3. The second kappa shape index (κ2) is 3.86. The predicted molar refractivity (Wildman–Crippen MR) is 58.1 cm³/mol. The number of para-hydroxylation sites is 1. The number of nitrogens with zero attached hydrogens (tertiary/aromatic N) is 1. The molecule has 1 aromatic heterocycles. The van der Waals surface area contributed by atoms with Crippen LogP contribution in [0.1, 0.15) is 16.1 Å². The van der Waals surface area contributed by atoms with E-state index in [1.165, 1.54) is 18.2 Å². The van der Waals surface area contributed by atoms with E-state index in [-0.39, 0.29) is 10.9 Å². The van der Waals surface area contributed by atoms with Gasteiger partial charge >= 0.3 is 12.1 Å². The zero-order valence-electron chi connectivity index (χ0n) is 8.82. The molecule has 94 valence electrons. The Labute approximate surface area is 98.9 Å². The first-order chi connectivity index (χ1) is 8.32. The highest BCUT2D eigenvalue weighted by Gasteiger charge is 2.39. The standard InChI is InChI=1S/C11H7F3N2O2/c12-11(13,14)9-7(10(17)18)8(15)5-3-1-2-4-6(5)16-9/h1-4H,(H2,15,16)(H,17,18). The Morgan fingerprint density at radius 3 is 2.44 bits per heavy atom. The van der Waals surface area contributed by atoms with Gasteiger partial charge in [-0.3, -0.25) is 0 Å². The molecule has 0 fully saturated rings. The molecular weight excluding hydrogens is 249 g/mol. The Morgan fingerprint density at radius 2 is 1.89 bits per heavy atom. The molecule has 0 spiro atoms. The van der Waals surface area contributed by atoms with E-state index in [2.05, 4.69) is 4.98 Å². The van der Waals surface area contributed by atoms with E-state index >= 15 is 0 Å². The zero-order chi connectivity index (χ0) is 13.5. The summed E-state index contributed by atoms with van der Waals surface area (Å²) in [5.41, 5.74) is 2.58. The maximum Gasteiger partial charge on any atom is 0.434 e. The van der Waals surface area contributed by atoms with E-state index in [4.69, 9.17) is 10.8 Å². The number of nitrogens with two attached hydrogens (primary N) is 1. The molecule has 2 aromatic rings. The van der Waals surface area contributed by atoms with Crippen LogP contribution >= 0.6 is 0 Å². The molecule has 0 amide bonds. The summed E-state index contributed by atoms with van der Waals surface area (Å²) < 4.78 is 38.2. The van der Waals surface area contributed by atoms with Crippen LogP contribution in [0, 0.1) is 0 Å². The van der Waals surface area contributed by atoms with Crippen LogP contribution in [0.5, 0.6) is 0 Å². The number of fused-ring (bicyclic) bond motifs is 1. The van der Waals surface area contributed by atoms with Gasteiger partial charge in [0.15, 0.2) is 5.69 Å². The van der Waals surface area contributed by atoms with E-state index in [1.54, 1.807) is 6.07 Å². The smallest absolute Gasteiger partial charge is 0.434 e. The normalized spacial score (nSPS) is 11.7. The Balaban J connectivity index is 2.93. The van der Waals surface area contributed by atoms with Gasteiger partial charge < -0.3 is 10.8 Å². The van der Waals surface area contributed by atoms with Gasteiger partial charge in [0.05, 0.1) is 11.2 Å². The minimum absolute atomic E-state index is 0.00678. The van der Waals surface area contributed by atoms with Crippen molar-refractivity contribution in [3.05, 3.63) is 35.5 Å². The van der Waals surface area contributed by atoms with Gasteiger partial charge in [0.25, 0.3) is 0 Å².